The van der Waals surface area contributed by atoms with Crippen LogP contribution in [0.2, 0.25) is 0 Å². The van der Waals surface area contributed by atoms with E-state index >= 15 is 0 Å². The van der Waals surface area contributed by atoms with E-state index in [0.29, 0.717) is 6.61 Å². The van der Waals surface area contributed by atoms with Crippen molar-refractivity contribution < 1.29 is 14.2 Å². The highest BCUT2D eigenvalue weighted by Gasteiger charge is 2.11. The summed E-state index contributed by atoms with van der Waals surface area (Å²) in [5, 5.41) is 0. The van der Waals surface area contributed by atoms with Crippen LogP contribution in [0, 0.1) is 0 Å². The van der Waals surface area contributed by atoms with E-state index in [1.54, 1.807) is 21.3 Å². The van der Waals surface area contributed by atoms with Crippen molar-refractivity contribution in [3.05, 3.63) is 23.3 Å². The molecule has 3 nitrogen and oxygen atoms in total. The van der Waals surface area contributed by atoms with Crippen LogP contribution < -0.4 is 9.47 Å². The molecule has 96 valence electrons. The number of methoxy groups -OCH3 is 3. The second-order valence-corrected chi connectivity index (χ2v) is 4.03. The first-order valence-corrected chi connectivity index (χ1v) is 5.99. The van der Waals surface area contributed by atoms with Crippen LogP contribution in [0.3, 0.4) is 0 Å². The molecule has 0 atom stereocenters. The molecule has 0 N–H and O–H groups in total. The van der Waals surface area contributed by atoms with Crippen LogP contribution in [0.4, 0.5) is 0 Å². The second-order valence-electron chi connectivity index (χ2n) is 4.03. The van der Waals surface area contributed by atoms with Gasteiger partial charge in [0.2, 0.25) is 0 Å². The maximum atomic E-state index is 5.43. The minimum atomic E-state index is 0.597. The van der Waals surface area contributed by atoms with Gasteiger partial charge in [-0.05, 0) is 36.1 Å². The molecule has 17 heavy (non-hydrogen) atoms. The van der Waals surface area contributed by atoms with Crippen molar-refractivity contribution in [2.24, 2.45) is 0 Å². The molecule has 0 unspecified atom stereocenters. The van der Waals surface area contributed by atoms with Crippen molar-refractivity contribution >= 4 is 0 Å². The molecule has 0 amide bonds. The predicted molar refractivity (Wildman–Crippen MR) is 68.9 cm³/mol. The minimum Gasteiger partial charge on any atom is -0.493 e. The Balaban J connectivity index is 3.07. The zero-order chi connectivity index (χ0) is 12.7. The lowest BCUT2D eigenvalue weighted by Crippen LogP contribution is -1.99. The summed E-state index contributed by atoms with van der Waals surface area (Å²) in [6.45, 7) is 2.78. The van der Waals surface area contributed by atoms with Gasteiger partial charge in [-0.3, -0.25) is 0 Å². The van der Waals surface area contributed by atoms with Crippen molar-refractivity contribution in [3.63, 3.8) is 0 Å². The third kappa shape index (κ3) is 3.63. The van der Waals surface area contributed by atoms with E-state index < -0.39 is 0 Å². The van der Waals surface area contributed by atoms with Crippen molar-refractivity contribution in [3.8, 4) is 11.5 Å². The lowest BCUT2D eigenvalue weighted by atomic mass is 10.0. The molecule has 0 aromatic heterocycles. The van der Waals surface area contributed by atoms with Gasteiger partial charge in [-0.2, -0.15) is 0 Å². The smallest absolute Gasteiger partial charge is 0.163 e. The number of aryl methyl sites for hydroxylation is 1. The molecule has 1 aromatic carbocycles. The van der Waals surface area contributed by atoms with Gasteiger partial charge in [-0.1, -0.05) is 13.3 Å². The van der Waals surface area contributed by atoms with Crippen LogP contribution in [0.5, 0.6) is 11.5 Å². The van der Waals surface area contributed by atoms with Gasteiger partial charge in [0, 0.05) is 7.11 Å². The zero-order valence-corrected chi connectivity index (χ0v) is 11.2. The van der Waals surface area contributed by atoms with Crippen LogP contribution in [-0.2, 0) is 17.8 Å². The molecule has 0 radical (unpaired) electrons. The molecule has 0 saturated carbocycles. The summed E-state index contributed by atoms with van der Waals surface area (Å²) in [6.07, 6.45) is 3.32. The number of rotatable bonds is 7. The summed E-state index contributed by atoms with van der Waals surface area (Å²) in [4.78, 5) is 0. The van der Waals surface area contributed by atoms with Crippen molar-refractivity contribution in [2.75, 3.05) is 21.3 Å². The number of hydrogen-bond acceptors (Lipinski definition) is 3. The molecule has 3 heteroatoms. The first kappa shape index (κ1) is 13.8. The SMILES string of the molecule is CCCCc1cc(COC)cc(OC)c1OC. The minimum absolute atomic E-state index is 0.597. The summed E-state index contributed by atoms with van der Waals surface area (Å²) in [5.74, 6) is 1.63. The number of unbranched alkanes of at least 4 members (excludes halogenated alkanes) is 1. The Labute approximate surface area is 104 Å². The average molecular weight is 238 g/mol. The van der Waals surface area contributed by atoms with Gasteiger partial charge in [-0.15, -0.1) is 0 Å². The third-order valence-corrected chi connectivity index (χ3v) is 2.73. The molecular formula is C14H22O3. The van der Waals surface area contributed by atoms with Gasteiger partial charge in [0.1, 0.15) is 0 Å². The Morgan fingerprint density at radius 2 is 1.82 bits per heavy atom. The normalized spacial score (nSPS) is 10.4. The van der Waals surface area contributed by atoms with E-state index in [1.165, 1.54) is 12.0 Å². The summed E-state index contributed by atoms with van der Waals surface area (Å²) in [7, 11) is 5.05. The molecule has 1 rings (SSSR count). The monoisotopic (exact) mass is 238 g/mol. The molecule has 0 fully saturated rings. The highest BCUT2D eigenvalue weighted by molar-refractivity contribution is 5.49. The Hall–Kier alpha value is -1.22. The molecule has 0 spiro atoms. The molecule has 0 bridgehead atoms. The third-order valence-electron chi connectivity index (χ3n) is 2.73. The molecular weight excluding hydrogens is 216 g/mol. The van der Waals surface area contributed by atoms with Gasteiger partial charge < -0.3 is 14.2 Å². The van der Waals surface area contributed by atoms with Gasteiger partial charge >= 0.3 is 0 Å². The maximum Gasteiger partial charge on any atom is 0.163 e. The number of hydrogen-bond donors (Lipinski definition) is 0. The number of ether oxygens (including phenoxy) is 3. The molecule has 0 aliphatic carbocycles. The largest absolute Gasteiger partial charge is 0.493 e. The van der Waals surface area contributed by atoms with Gasteiger partial charge in [0.15, 0.2) is 11.5 Å². The first-order chi connectivity index (χ1) is 8.26. The molecule has 0 aliphatic heterocycles. The maximum absolute atomic E-state index is 5.43. The Bertz CT molecular complexity index is 348. The average Bonchev–Trinajstić information content (AvgIpc) is 2.35. The van der Waals surface area contributed by atoms with Crippen LogP contribution in [0.15, 0.2) is 12.1 Å². The van der Waals surface area contributed by atoms with E-state index in [1.807, 2.05) is 6.07 Å². The second kappa shape index (κ2) is 7.17. The van der Waals surface area contributed by atoms with Crippen molar-refractivity contribution in [2.45, 2.75) is 32.8 Å². The number of benzene rings is 1. The quantitative estimate of drug-likeness (QED) is 0.730. The summed E-state index contributed by atoms with van der Waals surface area (Å²) < 4.78 is 16.0. The highest BCUT2D eigenvalue weighted by atomic mass is 16.5. The van der Waals surface area contributed by atoms with E-state index in [0.717, 1.165) is 29.9 Å². The van der Waals surface area contributed by atoms with Gasteiger partial charge in [0.05, 0.1) is 20.8 Å². The summed E-state index contributed by atoms with van der Waals surface area (Å²) in [6, 6.07) is 4.11. The first-order valence-electron chi connectivity index (χ1n) is 5.99. The summed E-state index contributed by atoms with van der Waals surface area (Å²) in [5.41, 5.74) is 2.32. The van der Waals surface area contributed by atoms with Crippen LogP contribution in [0.25, 0.3) is 0 Å². The topological polar surface area (TPSA) is 27.7 Å². The standard InChI is InChI=1S/C14H22O3/c1-5-6-7-12-8-11(10-15-2)9-13(16-3)14(12)17-4/h8-9H,5-7,10H2,1-4H3. The molecule has 0 aliphatic rings. The molecule has 1 aromatic rings. The molecule has 0 saturated heterocycles. The van der Waals surface area contributed by atoms with Crippen molar-refractivity contribution in [1.82, 2.24) is 0 Å². The van der Waals surface area contributed by atoms with E-state index in [-0.39, 0.29) is 0 Å². The Morgan fingerprint density at radius 3 is 2.35 bits per heavy atom. The van der Waals surface area contributed by atoms with Gasteiger partial charge in [0.25, 0.3) is 0 Å². The molecule has 0 heterocycles. The zero-order valence-electron chi connectivity index (χ0n) is 11.2. The fourth-order valence-corrected chi connectivity index (χ4v) is 1.91. The van der Waals surface area contributed by atoms with Crippen LogP contribution in [-0.4, -0.2) is 21.3 Å². The van der Waals surface area contributed by atoms with E-state index in [9.17, 15) is 0 Å². The predicted octanol–water partition coefficient (Wildman–Crippen LogP) is 3.19. The lowest BCUT2D eigenvalue weighted by molar-refractivity contribution is 0.184. The Morgan fingerprint density at radius 1 is 1.06 bits per heavy atom. The lowest BCUT2D eigenvalue weighted by Gasteiger charge is -2.14. The van der Waals surface area contributed by atoms with Crippen LogP contribution >= 0.6 is 0 Å². The van der Waals surface area contributed by atoms with Crippen molar-refractivity contribution in [1.29, 1.82) is 0 Å². The van der Waals surface area contributed by atoms with Crippen LogP contribution in [0.1, 0.15) is 30.9 Å². The highest BCUT2D eigenvalue weighted by Crippen LogP contribution is 2.33. The fourth-order valence-electron chi connectivity index (χ4n) is 1.91. The van der Waals surface area contributed by atoms with Gasteiger partial charge in [-0.25, -0.2) is 0 Å². The summed E-state index contributed by atoms with van der Waals surface area (Å²) >= 11 is 0. The van der Waals surface area contributed by atoms with E-state index in [2.05, 4.69) is 13.0 Å². The fraction of sp³-hybridized carbons (Fsp3) is 0.571. The van der Waals surface area contributed by atoms with E-state index in [4.69, 9.17) is 14.2 Å². The Kier molecular flexibility index (Phi) is 5.84.